The number of H-pyrrole nitrogens is 1. The molecule has 0 saturated carbocycles. The number of esters is 1. The van der Waals surface area contributed by atoms with E-state index in [9.17, 15) is 26.4 Å². The fourth-order valence-corrected chi connectivity index (χ4v) is 6.83. The highest BCUT2D eigenvalue weighted by molar-refractivity contribution is 7.86. The Morgan fingerprint density at radius 3 is 2.49 bits per heavy atom. The third kappa shape index (κ3) is 8.48. The molecule has 3 heterocycles. The molecule has 51 heavy (non-hydrogen) atoms. The number of halogens is 3. The molecule has 1 saturated heterocycles. The minimum atomic E-state index is -5.03. The molecule has 2 N–H and O–H groups in total. The predicted molar refractivity (Wildman–Crippen MR) is 187 cm³/mol. The van der Waals surface area contributed by atoms with E-state index in [0.717, 1.165) is 42.4 Å². The molecule has 0 atom stereocenters. The number of fused-ring (bicyclic) bond motifs is 3. The molecular weight excluding hydrogens is 685 g/mol. The number of hydrogen-bond donors (Lipinski definition) is 2. The number of alkyl halides is 3. The van der Waals surface area contributed by atoms with Crippen molar-refractivity contribution < 1.29 is 35.4 Å². The molecule has 3 aromatic carbocycles. The minimum absolute atomic E-state index is 0.0443. The van der Waals surface area contributed by atoms with Crippen molar-refractivity contribution in [3.8, 4) is 0 Å². The average Bonchev–Trinajstić information content (AvgIpc) is 3.48. The van der Waals surface area contributed by atoms with Gasteiger partial charge in [-0.05, 0) is 81.7 Å². The molecule has 15 heteroatoms. The molecule has 0 unspecified atom stereocenters. The number of aromatic amines is 1. The van der Waals surface area contributed by atoms with E-state index in [0.29, 0.717) is 40.5 Å². The summed E-state index contributed by atoms with van der Waals surface area (Å²) in [5.41, 5.74) is 0.770. The lowest BCUT2D eigenvalue weighted by molar-refractivity contribution is -0.0597. The zero-order valence-corrected chi connectivity index (χ0v) is 28.9. The van der Waals surface area contributed by atoms with Crippen LogP contribution >= 0.6 is 0 Å². The molecule has 1 aliphatic heterocycles. The lowest BCUT2D eigenvalue weighted by Crippen LogP contribution is -2.31. The number of aryl methyl sites for hydroxylation is 1. The molecule has 5 aromatic rings. The van der Waals surface area contributed by atoms with Gasteiger partial charge in [0.05, 0.1) is 18.1 Å². The number of benzene rings is 3. The number of carbonyl (C=O) groups is 1. The highest BCUT2D eigenvalue weighted by Gasteiger charge is 2.38. The van der Waals surface area contributed by atoms with Gasteiger partial charge in [-0.15, -0.1) is 0 Å². The van der Waals surface area contributed by atoms with Crippen molar-refractivity contribution in [1.82, 2.24) is 19.9 Å². The summed E-state index contributed by atoms with van der Waals surface area (Å²) in [6.07, 6.45) is -0.463. The van der Waals surface area contributed by atoms with Gasteiger partial charge in [-0.1, -0.05) is 53.5 Å². The number of rotatable bonds is 12. The fraction of sp³-hybridized carbons (Fsp3) is 0.333. The van der Waals surface area contributed by atoms with Crippen LogP contribution in [0.5, 0.6) is 0 Å². The van der Waals surface area contributed by atoms with Crippen molar-refractivity contribution >= 4 is 49.6 Å². The monoisotopic (exact) mass is 722 g/mol. The first-order valence-corrected chi connectivity index (χ1v) is 17.9. The maximum absolute atomic E-state index is 14.2. The number of methoxy groups -OCH3 is 1. The van der Waals surface area contributed by atoms with Crippen molar-refractivity contribution in [2.75, 3.05) is 38.6 Å². The number of nitrogens with one attached hydrogen (secondary N) is 2. The molecule has 0 aliphatic carbocycles. The quantitative estimate of drug-likeness (QED) is 0.0619. The third-order valence-electron chi connectivity index (χ3n) is 8.68. The topological polar surface area (TPSA) is 139 Å². The van der Waals surface area contributed by atoms with Crippen LogP contribution in [-0.2, 0) is 25.6 Å². The van der Waals surface area contributed by atoms with Crippen LogP contribution in [0.4, 0.5) is 19.0 Å². The Morgan fingerprint density at radius 1 is 1.00 bits per heavy atom. The predicted octanol–water partition coefficient (Wildman–Crippen LogP) is 6.76. The van der Waals surface area contributed by atoms with Crippen LogP contribution in [0.15, 0.2) is 76.8 Å². The lowest BCUT2D eigenvalue weighted by atomic mass is 10.0. The van der Waals surface area contributed by atoms with E-state index >= 15 is 0 Å². The van der Waals surface area contributed by atoms with Crippen LogP contribution in [0, 0.1) is 6.92 Å². The van der Waals surface area contributed by atoms with Crippen molar-refractivity contribution in [3.05, 3.63) is 94.8 Å². The normalized spacial score (nSPS) is 14.6. The number of anilines is 1. The fourth-order valence-electron chi connectivity index (χ4n) is 6.10. The summed E-state index contributed by atoms with van der Waals surface area (Å²) in [6, 6.07) is 16.0. The molecule has 2 aromatic heterocycles. The van der Waals surface area contributed by atoms with E-state index in [1.807, 2.05) is 0 Å². The summed E-state index contributed by atoms with van der Waals surface area (Å²) >= 11 is 0. The van der Waals surface area contributed by atoms with E-state index in [4.69, 9.17) is 14.7 Å². The van der Waals surface area contributed by atoms with Crippen molar-refractivity contribution in [2.24, 2.45) is 5.16 Å². The van der Waals surface area contributed by atoms with Crippen LogP contribution in [0.3, 0.4) is 0 Å². The summed E-state index contributed by atoms with van der Waals surface area (Å²) < 4.78 is 77.3. The molecule has 268 valence electrons. The van der Waals surface area contributed by atoms with Crippen LogP contribution in [0.25, 0.3) is 21.9 Å². The first-order chi connectivity index (χ1) is 24.4. The second kappa shape index (κ2) is 15.1. The minimum Gasteiger partial charge on any atom is -0.465 e. The van der Waals surface area contributed by atoms with Gasteiger partial charge in [-0.25, -0.2) is 14.8 Å². The van der Waals surface area contributed by atoms with Gasteiger partial charge in [-0.2, -0.15) is 21.6 Å². The highest BCUT2D eigenvalue weighted by Crippen LogP contribution is 2.31. The van der Waals surface area contributed by atoms with Crippen molar-refractivity contribution in [1.29, 1.82) is 0 Å². The molecular formula is C36H37F3N6O5S. The molecule has 1 fully saturated rings. The Morgan fingerprint density at radius 2 is 1.76 bits per heavy atom. The maximum Gasteiger partial charge on any atom is 0.437 e. The van der Waals surface area contributed by atoms with Crippen LogP contribution in [0.1, 0.15) is 58.6 Å². The van der Waals surface area contributed by atoms with Gasteiger partial charge in [-0.3, -0.25) is 4.28 Å². The largest absolute Gasteiger partial charge is 0.465 e. The van der Waals surface area contributed by atoms with Crippen molar-refractivity contribution in [2.45, 2.75) is 50.1 Å². The number of piperidine rings is 1. The van der Waals surface area contributed by atoms with Crippen LogP contribution < -0.4 is 5.32 Å². The number of carbonyl (C=O) groups excluding carboxylic acids is 1. The number of ether oxygens (including phenoxy) is 1. The SMILES string of the molecule is COC(=O)c1ccc2c(c1)[nH]c1nc(Cc3cccc(/C(=N\OS(=O)(=O)c4ccc(C)cc4)C(F)(F)F)c3)nc(NCCCN3CCCCC3)c12. The van der Waals surface area contributed by atoms with E-state index < -0.39 is 33.5 Å². The molecule has 6 rings (SSSR count). The summed E-state index contributed by atoms with van der Waals surface area (Å²) in [7, 11) is -3.30. The molecule has 11 nitrogen and oxygen atoms in total. The standard InChI is InChI=1S/C36H37F3N6O5S/c1-23-10-13-27(14-11-23)51(47,48)50-44-32(36(37,38)39)25-9-6-8-24(20-25)21-30-42-33(40-16-7-19-45-17-4-3-5-18-45)31-28-15-12-26(35(46)49-2)22-29(28)41-34(31)43-30/h6,8-15,20,22H,3-5,7,16-19,21H2,1-2H3,(H2,40,41,42,43)/b44-32+. The Kier molecular flexibility index (Phi) is 10.6. The van der Waals surface area contributed by atoms with Gasteiger partial charge < -0.3 is 19.9 Å². The summed E-state index contributed by atoms with van der Waals surface area (Å²) in [5, 5.41) is 8.04. The van der Waals surface area contributed by atoms with Crippen LogP contribution in [-0.4, -0.2) is 79.4 Å². The highest BCUT2D eigenvalue weighted by atomic mass is 32.2. The molecule has 0 amide bonds. The number of likely N-dealkylation sites (tertiary alicyclic amines) is 1. The smallest absolute Gasteiger partial charge is 0.437 e. The zero-order valence-electron chi connectivity index (χ0n) is 28.1. The first kappa shape index (κ1) is 35.8. The molecule has 0 radical (unpaired) electrons. The second-order valence-electron chi connectivity index (χ2n) is 12.4. The van der Waals surface area contributed by atoms with E-state index in [1.165, 1.54) is 68.8 Å². The van der Waals surface area contributed by atoms with Gasteiger partial charge in [0.2, 0.25) is 0 Å². The summed E-state index contributed by atoms with van der Waals surface area (Å²) in [6.45, 7) is 5.48. The maximum atomic E-state index is 14.2. The number of nitrogens with zero attached hydrogens (tertiary/aromatic N) is 4. The summed E-state index contributed by atoms with van der Waals surface area (Å²) in [5.74, 6) is 0.383. The van der Waals surface area contributed by atoms with Crippen molar-refractivity contribution in [3.63, 3.8) is 0 Å². The molecule has 0 bridgehead atoms. The molecule has 0 spiro atoms. The summed E-state index contributed by atoms with van der Waals surface area (Å²) in [4.78, 5) is 27.1. The lowest BCUT2D eigenvalue weighted by Gasteiger charge is -2.26. The van der Waals surface area contributed by atoms with Gasteiger partial charge in [0.15, 0.2) is 5.71 Å². The van der Waals surface area contributed by atoms with Gasteiger partial charge >= 0.3 is 22.3 Å². The third-order valence-corrected chi connectivity index (χ3v) is 9.80. The average molecular weight is 723 g/mol. The Labute approximate surface area is 293 Å². The Hall–Kier alpha value is -5.02. The van der Waals surface area contributed by atoms with E-state index in [2.05, 4.69) is 24.6 Å². The zero-order chi connectivity index (χ0) is 36.2. The van der Waals surface area contributed by atoms with E-state index in [1.54, 1.807) is 31.2 Å². The van der Waals surface area contributed by atoms with Gasteiger partial charge in [0, 0.05) is 29.4 Å². The van der Waals surface area contributed by atoms with Gasteiger partial charge in [0.25, 0.3) is 0 Å². The Bertz CT molecular complexity index is 2180. The second-order valence-corrected chi connectivity index (χ2v) is 14.0. The van der Waals surface area contributed by atoms with Gasteiger partial charge in [0.1, 0.15) is 22.2 Å². The number of hydrogen-bond acceptors (Lipinski definition) is 10. The van der Waals surface area contributed by atoms with Crippen LogP contribution in [0.2, 0.25) is 0 Å². The molecule has 1 aliphatic rings. The number of oxime groups is 1. The number of aromatic nitrogens is 3. The first-order valence-electron chi connectivity index (χ1n) is 16.5. The van der Waals surface area contributed by atoms with E-state index in [-0.39, 0.29) is 11.3 Å². The Balaban J connectivity index is 1.30.